The second kappa shape index (κ2) is 5.16. The van der Waals surface area contributed by atoms with E-state index < -0.39 is 0 Å². The molecular formula is C16H19N5. The summed E-state index contributed by atoms with van der Waals surface area (Å²) in [6.45, 7) is 4.94. The Hall–Kier alpha value is -2.43. The van der Waals surface area contributed by atoms with Crippen molar-refractivity contribution in [2.45, 2.75) is 20.4 Å². The van der Waals surface area contributed by atoms with Gasteiger partial charge in [0.1, 0.15) is 0 Å². The molecule has 0 bridgehead atoms. The smallest absolute Gasteiger partial charge is 0.159 e. The first-order valence-electron chi connectivity index (χ1n) is 6.96. The number of rotatable bonds is 3. The topological polar surface area (TPSA) is 46.8 Å². The fraction of sp³-hybridized carbons (Fsp3) is 0.312. The second-order valence-corrected chi connectivity index (χ2v) is 5.45. The largest absolute Gasteiger partial charge is 0.370 e. The van der Waals surface area contributed by atoms with E-state index >= 15 is 0 Å². The Bertz CT molecular complexity index is 790. The number of hydrogen-bond donors (Lipinski definition) is 0. The molecule has 0 N–H and O–H groups in total. The van der Waals surface area contributed by atoms with E-state index in [1.54, 1.807) is 0 Å². The van der Waals surface area contributed by atoms with Crippen LogP contribution in [0, 0.1) is 13.8 Å². The van der Waals surface area contributed by atoms with Gasteiger partial charge in [-0.15, -0.1) is 0 Å². The first kappa shape index (κ1) is 13.5. The Morgan fingerprint density at radius 2 is 2.05 bits per heavy atom. The van der Waals surface area contributed by atoms with Crippen molar-refractivity contribution < 1.29 is 0 Å². The number of aryl methyl sites for hydroxylation is 3. The lowest BCUT2D eigenvalue weighted by molar-refractivity contribution is 0.784. The predicted molar refractivity (Wildman–Crippen MR) is 84.3 cm³/mol. The van der Waals surface area contributed by atoms with Gasteiger partial charge in [0.05, 0.1) is 17.3 Å². The first-order chi connectivity index (χ1) is 10.1. The third-order valence-electron chi connectivity index (χ3n) is 3.78. The van der Waals surface area contributed by atoms with Crippen molar-refractivity contribution in [2.75, 3.05) is 11.9 Å². The van der Waals surface area contributed by atoms with Crippen LogP contribution in [0.25, 0.3) is 11.0 Å². The van der Waals surface area contributed by atoms with E-state index in [-0.39, 0.29) is 0 Å². The van der Waals surface area contributed by atoms with E-state index in [2.05, 4.69) is 40.0 Å². The number of fused-ring (bicyclic) bond motifs is 1. The summed E-state index contributed by atoms with van der Waals surface area (Å²) in [5.41, 5.74) is 5.54. The molecule has 108 valence electrons. The standard InChI is InChI=1S/C16H19N5/c1-11-5-6-17-8-13(11)10-20(3)15-7-12(2)19-16-14(15)9-18-21(16)4/h5-9H,10H2,1-4H3. The molecule has 3 rings (SSSR count). The molecule has 0 amide bonds. The van der Waals surface area contributed by atoms with Gasteiger partial charge in [-0.05, 0) is 37.1 Å². The molecule has 0 fully saturated rings. The molecule has 0 aliphatic heterocycles. The first-order valence-corrected chi connectivity index (χ1v) is 6.96. The Morgan fingerprint density at radius 1 is 1.24 bits per heavy atom. The van der Waals surface area contributed by atoms with E-state index in [4.69, 9.17) is 0 Å². The number of hydrogen-bond acceptors (Lipinski definition) is 4. The molecule has 0 aliphatic carbocycles. The summed E-state index contributed by atoms with van der Waals surface area (Å²) in [6, 6.07) is 4.15. The fourth-order valence-corrected chi connectivity index (χ4v) is 2.54. The van der Waals surface area contributed by atoms with E-state index in [1.807, 2.05) is 43.3 Å². The fourth-order valence-electron chi connectivity index (χ4n) is 2.54. The van der Waals surface area contributed by atoms with Crippen molar-refractivity contribution in [3.05, 3.63) is 47.5 Å². The quantitative estimate of drug-likeness (QED) is 0.740. The molecule has 21 heavy (non-hydrogen) atoms. The summed E-state index contributed by atoms with van der Waals surface area (Å²) in [7, 11) is 4.01. The zero-order valence-electron chi connectivity index (χ0n) is 12.8. The molecule has 0 spiro atoms. The third kappa shape index (κ3) is 2.46. The Kier molecular flexibility index (Phi) is 3.33. The van der Waals surface area contributed by atoms with Crippen LogP contribution in [0.3, 0.4) is 0 Å². The second-order valence-electron chi connectivity index (χ2n) is 5.45. The number of nitrogens with zero attached hydrogens (tertiary/aromatic N) is 5. The minimum absolute atomic E-state index is 0.813. The summed E-state index contributed by atoms with van der Waals surface area (Å²) in [5.74, 6) is 0. The molecule has 0 unspecified atom stereocenters. The van der Waals surface area contributed by atoms with E-state index in [0.29, 0.717) is 0 Å². The molecule has 5 heteroatoms. The predicted octanol–water partition coefficient (Wildman–Crippen LogP) is 2.62. The van der Waals surface area contributed by atoms with Crippen molar-refractivity contribution in [3.63, 3.8) is 0 Å². The third-order valence-corrected chi connectivity index (χ3v) is 3.78. The molecule has 3 aromatic heterocycles. The van der Waals surface area contributed by atoms with Crippen LogP contribution in [0.5, 0.6) is 0 Å². The van der Waals surface area contributed by atoms with Gasteiger partial charge in [0, 0.05) is 38.7 Å². The van der Waals surface area contributed by atoms with Gasteiger partial charge < -0.3 is 4.90 Å². The van der Waals surface area contributed by atoms with Crippen LogP contribution in [0.2, 0.25) is 0 Å². The lowest BCUT2D eigenvalue weighted by Crippen LogP contribution is -2.18. The summed E-state index contributed by atoms with van der Waals surface area (Å²) < 4.78 is 1.81. The normalized spacial score (nSPS) is 11.0. The Morgan fingerprint density at radius 3 is 2.81 bits per heavy atom. The van der Waals surface area contributed by atoms with Crippen LogP contribution in [-0.4, -0.2) is 26.8 Å². The van der Waals surface area contributed by atoms with Gasteiger partial charge in [-0.2, -0.15) is 5.10 Å². The SMILES string of the molecule is Cc1cc(N(C)Cc2cnccc2C)c2cnn(C)c2n1. The minimum atomic E-state index is 0.813. The van der Waals surface area contributed by atoms with Gasteiger partial charge in [-0.25, -0.2) is 4.98 Å². The highest BCUT2D eigenvalue weighted by Crippen LogP contribution is 2.26. The molecule has 0 aromatic carbocycles. The molecule has 3 aromatic rings. The Labute approximate surface area is 124 Å². The van der Waals surface area contributed by atoms with Crippen LogP contribution in [0.1, 0.15) is 16.8 Å². The molecule has 3 heterocycles. The Balaban J connectivity index is 2.02. The van der Waals surface area contributed by atoms with Crippen molar-refractivity contribution in [2.24, 2.45) is 7.05 Å². The lowest BCUT2D eigenvalue weighted by atomic mass is 10.1. The monoisotopic (exact) mass is 281 g/mol. The van der Waals surface area contributed by atoms with Crippen LogP contribution in [0.4, 0.5) is 5.69 Å². The van der Waals surface area contributed by atoms with E-state index in [9.17, 15) is 0 Å². The summed E-state index contributed by atoms with van der Waals surface area (Å²) in [4.78, 5) is 11.0. The van der Waals surface area contributed by atoms with Gasteiger partial charge >= 0.3 is 0 Å². The number of pyridine rings is 2. The van der Waals surface area contributed by atoms with Crippen LogP contribution < -0.4 is 4.90 Å². The van der Waals surface area contributed by atoms with Gasteiger partial charge in [-0.1, -0.05) is 0 Å². The van der Waals surface area contributed by atoms with Gasteiger partial charge in [0.25, 0.3) is 0 Å². The number of anilines is 1. The molecule has 0 atom stereocenters. The molecule has 5 nitrogen and oxygen atoms in total. The zero-order valence-corrected chi connectivity index (χ0v) is 12.8. The van der Waals surface area contributed by atoms with Crippen molar-refractivity contribution in [1.29, 1.82) is 0 Å². The molecule has 0 aliphatic rings. The lowest BCUT2D eigenvalue weighted by Gasteiger charge is -2.21. The van der Waals surface area contributed by atoms with E-state index in [0.717, 1.165) is 29.0 Å². The molecular weight excluding hydrogens is 262 g/mol. The summed E-state index contributed by atoms with van der Waals surface area (Å²) in [6.07, 6.45) is 5.64. The van der Waals surface area contributed by atoms with Crippen molar-refractivity contribution >= 4 is 16.7 Å². The van der Waals surface area contributed by atoms with Crippen LogP contribution in [-0.2, 0) is 13.6 Å². The molecule has 0 radical (unpaired) electrons. The molecule has 0 saturated carbocycles. The average molecular weight is 281 g/mol. The van der Waals surface area contributed by atoms with Crippen molar-refractivity contribution in [1.82, 2.24) is 19.7 Å². The molecule has 0 saturated heterocycles. The summed E-state index contributed by atoms with van der Waals surface area (Å²) in [5, 5.41) is 5.40. The van der Waals surface area contributed by atoms with Crippen LogP contribution in [0.15, 0.2) is 30.7 Å². The average Bonchev–Trinajstić information content (AvgIpc) is 2.82. The zero-order chi connectivity index (χ0) is 15.0. The highest BCUT2D eigenvalue weighted by Gasteiger charge is 2.12. The van der Waals surface area contributed by atoms with Crippen LogP contribution >= 0.6 is 0 Å². The maximum atomic E-state index is 4.56. The van der Waals surface area contributed by atoms with Gasteiger partial charge in [-0.3, -0.25) is 9.67 Å². The maximum absolute atomic E-state index is 4.56. The van der Waals surface area contributed by atoms with Gasteiger partial charge in [0.15, 0.2) is 5.65 Å². The minimum Gasteiger partial charge on any atom is -0.370 e. The summed E-state index contributed by atoms with van der Waals surface area (Å²) >= 11 is 0. The highest BCUT2D eigenvalue weighted by atomic mass is 15.3. The van der Waals surface area contributed by atoms with E-state index in [1.165, 1.54) is 11.1 Å². The van der Waals surface area contributed by atoms with Crippen molar-refractivity contribution in [3.8, 4) is 0 Å². The maximum Gasteiger partial charge on any atom is 0.159 e. The highest BCUT2D eigenvalue weighted by molar-refractivity contribution is 5.89. The number of aromatic nitrogens is 4. The van der Waals surface area contributed by atoms with Gasteiger partial charge in [0.2, 0.25) is 0 Å².